The molecule has 0 aliphatic heterocycles. The Bertz CT molecular complexity index is 484. The van der Waals surface area contributed by atoms with E-state index in [1.54, 1.807) is 30.6 Å². The molecule has 0 amide bonds. The topological polar surface area (TPSA) is 84.1 Å². The summed E-state index contributed by atoms with van der Waals surface area (Å²) >= 11 is 0. The van der Waals surface area contributed by atoms with Crippen molar-refractivity contribution in [2.24, 2.45) is 5.73 Å². The van der Waals surface area contributed by atoms with E-state index in [4.69, 9.17) is 5.73 Å². The molecule has 2 aromatic rings. The van der Waals surface area contributed by atoms with Gasteiger partial charge in [-0.3, -0.25) is 0 Å². The van der Waals surface area contributed by atoms with Crippen LogP contribution in [-0.4, -0.2) is 28.2 Å². The number of nitrogens with zero attached hydrogens (tertiary/aromatic N) is 2. The molecule has 17 heavy (non-hydrogen) atoms. The van der Waals surface area contributed by atoms with Crippen LogP contribution in [0.4, 0.5) is 5.69 Å². The van der Waals surface area contributed by atoms with Gasteiger partial charge < -0.3 is 16.2 Å². The van der Waals surface area contributed by atoms with E-state index < -0.39 is 0 Å². The number of phenols is 1. The maximum atomic E-state index is 9.36. The Balaban J connectivity index is 2.17. The highest BCUT2D eigenvalue weighted by molar-refractivity contribution is 5.58. The largest absolute Gasteiger partial charge is 0.508 e. The lowest BCUT2D eigenvalue weighted by atomic mass is 10.2. The molecule has 5 heteroatoms. The van der Waals surface area contributed by atoms with E-state index in [-0.39, 0.29) is 5.75 Å². The quantitative estimate of drug-likeness (QED) is 0.735. The average molecular weight is 230 g/mol. The molecule has 0 spiro atoms. The predicted octanol–water partition coefficient (Wildman–Crippen LogP) is 1.22. The first-order chi connectivity index (χ1) is 8.29. The molecular formula is C12H14N4O. The van der Waals surface area contributed by atoms with Crippen molar-refractivity contribution in [2.45, 2.75) is 0 Å². The Kier molecular flexibility index (Phi) is 3.52. The van der Waals surface area contributed by atoms with Gasteiger partial charge in [0.15, 0.2) is 5.82 Å². The highest BCUT2D eigenvalue weighted by Gasteiger charge is 2.01. The van der Waals surface area contributed by atoms with Gasteiger partial charge in [0.2, 0.25) is 0 Å². The van der Waals surface area contributed by atoms with Crippen molar-refractivity contribution in [2.75, 3.05) is 18.4 Å². The fraction of sp³-hybridized carbons (Fsp3) is 0.167. The van der Waals surface area contributed by atoms with Gasteiger partial charge in [-0.25, -0.2) is 9.97 Å². The summed E-state index contributed by atoms with van der Waals surface area (Å²) in [5, 5.41) is 12.4. The molecule has 0 aliphatic rings. The highest BCUT2D eigenvalue weighted by atomic mass is 16.3. The smallest absolute Gasteiger partial charge is 0.159 e. The number of benzene rings is 1. The lowest BCUT2D eigenvalue weighted by Gasteiger charge is -2.05. The summed E-state index contributed by atoms with van der Waals surface area (Å²) in [6.45, 7) is 1.25. The number of aromatic nitrogens is 2. The van der Waals surface area contributed by atoms with Gasteiger partial charge in [0.1, 0.15) is 5.75 Å². The number of rotatable bonds is 4. The molecule has 0 saturated carbocycles. The number of nitrogens with two attached hydrogens (primary N) is 1. The van der Waals surface area contributed by atoms with Gasteiger partial charge in [-0.2, -0.15) is 0 Å². The van der Waals surface area contributed by atoms with Gasteiger partial charge in [-0.15, -0.1) is 0 Å². The van der Waals surface area contributed by atoms with Gasteiger partial charge in [0.05, 0.1) is 18.1 Å². The fourth-order valence-corrected chi connectivity index (χ4v) is 1.43. The molecule has 0 atom stereocenters. The van der Waals surface area contributed by atoms with Gasteiger partial charge in [-0.1, -0.05) is 12.1 Å². The number of aromatic hydroxyl groups is 1. The van der Waals surface area contributed by atoms with Crippen LogP contribution in [0.25, 0.3) is 11.4 Å². The van der Waals surface area contributed by atoms with E-state index in [1.165, 1.54) is 0 Å². The molecule has 4 N–H and O–H groups in total. The van der Waals surface area contributed by atoms with Gasteiger partial charge in [-0.05, 0) is 12.1 Å². The van der Waals surface area contributed by atoms with E-state index in [0.717, 1.165) is 11.3 Å². The molecule has 2 rings (SSSR count). The molecule has 1 aromatic carbocycles. The first-order valence-corrected chi connectivity index (χ1v) is 5.35. The summed E-state index contributed by atoms with van der Waals surface area (Å²) in [6, 6.07) is 6.85. The summed E-state index contributed by atoms with van der Waals surface area (Å²) < 4.78 is 0. The van der Waals surface area contributed by atoms with Crippen molar-refractivity contribution < 1.29 is 5.11 Å². The first-order valence-electron chi connectivity index (χ1n) is 5.35. The van der Waals surface area contributed by atoms with Crippen LogP contribution in [0, 0.1) is 0 Å². The second-order valence-corrected chi connectivity index (χ2v) is 3.56. The molecule has 0 fully saturated rings. The minimum atomic E-state index is 0.205. The van der Waals surface area contributed by atoms with Crippen LogP contribution >= 0.6 is 0 Å². The monoisotopic (exact) mass is 230 g/mol. The second-order valence-electron chi connectivity index (χ2n) is 3.56. The predicted molar refractivity (Wildman–Crippen MR) is 66.7 cm³/mol. The van der Waals surface area contributed by atoms with Crippen molar-refractivity contribution >= 4 is 5.69 Å². The highest BCUT2D eigenvalue weighted by Crippen LogP contribution is 2.19. The van der Waals surface area contributed by atoms with Crippen molar-refractivity contribution in [3.8, 4) is 17.1 Å². The van der Waals surface area contributed by atoms with Crippen LogP contribution in [0.2, 0.25) is 0 Å². The van der Waals surface area contributed by atoms with Gasteiger partial charge >= 0.3 is 0 Å². The van der Waals surface area contributed by atoms with Gasteiger partial charge in [0.25, 0.3) is 0 Å². The number of hydrogen-bond donors (Lipinski definition) is 3. The Morgan fingerprint density at radius 1 is 1.24 bits per heavy atom. The third kappa shape index (κ3) is 2.92. The summed E-state index contributed by atoms with van der Waals surface area (Å²) in [7, 11) is 0. The summed E-state index contributed by atoms with van der Waals surface area (Å²) in [5.74, 6) is 0.788. The Morgan fingerprint density at radius 2 is 2.00 bits per heavy atom. The number of phenolic OH excluding ortho intramolecular Hbond substituents is 1. The number of hydrogen-bond acceptors (Lipinski definition) is 5. The SMILES string of the molecule is NCCNc1cnc(-c2cccc(O)c2)nc1. The molecular weight excluding hydrogens is 216 g/mol. The Labute approximate surface area is 99.3 Å². The van der Waals surface area contributed by atoms with Crippen molar-refractivity contribution in [1.29, 1.82) is 0 Å². The summed E-state index contributed by atoms with van der Waals surface area (Å²) in [5.41, 5.74) is 7.00. The van der Waals surface area contributed by atoms with Crippen LogP contribution in [0.15, 0.2) is 36.7 Å². The molecule has 0 radical (unpaired) electrons. The van der Waals surface area contributed by atoms with E-state index >= 15 is 0 Å². The van der Waals surface area contributed by atoms with Crippen molar-refractivity contribution in [3.05, 3.63) is 36.7 Å². The molecule has 0 aliphatic carbocycles. The molecule has 5 nitrogen and oxygen atoms in total. The van der Waals surface area contributed by atoms with E-state index in [1.807, 2.05) is 6.07 Å². The molecule has 0 unspecified atom stereocenters. The third-order valence-corrected chi connectivity index (χ3v) is 2.23. The number of anilines is 1. The average Bonchev–Trinajstić information content (AvgIpc) is 2.37. The van der Waals surface area contributed by atoms with Crippen molar-refractivity contribution in [1.82, 2.24) is 9.97 Å². The molecule has 1 heterocycles. The zero-order valence-electron chi connectivity index (χ0n) is 9.30. The first kappa shape index (κ1) is 11.3. The lowest BCUT2D eigenvalue weighted by Crippen LogP contribution is -2.13. The number of nitrogens with one attached hydrogen (secondary N) is 1. The standard InChI is InChI=1S/C12H14N4O/c13-4-5-14-10-7-15-12(16-8-10)9-2-1-3-11(17)6-9/h1-3,6-8,14,17H,4-5,13H2. The van der Waals surface area contributed by atoms with Gasteiger partial charge in [0, 0.05) is 18.7 Å². The van der Waals surface area contributed by atoms with E-state index in [9.17, 15) is 5.11 Å². The Hall–Kier alpha value is -2.14. The van der Waals surface area contributed by atoms with Crippen LogP contribution in [0.5, 0.6) is 5.75 Å². The van der Waals surface area contributed by atoms with Crippen molar-refractivity contribution in [3.63, 3.8) is 0 Å². The van der Waals surface area contributed by atoms with Crippen LogP contribution in [0.1, 0.15) is 0 Å². The third-order valence-electron chi connectivity index (χ3n) is 2.23. The normalized spacial score (nSPS) is 10.2. The Morgan fingerprint density at radius 3 is 2.65 bits per heavy atom. The summed E-state index contributed by atoms with van der Waals surface area (Å²) in [6.07, 6.45) is 3.39. The maximum absolute atomic E-state index is 9.36. The fourth-order valence-electron chi connectivity index (χ4n) is 1.43. The summed E-state index contributed by atoms with van der Waals surface area (Å²) in [4.78, 5) is 8.43. The molecule has 88 valence electrons. The van der Waals surface area contributed by atoms with Crippen LogP contribution in [0.3, 0.4) is 0 Å². The second kappa shape index (κ2) is 5.27. The van der Waals surface area contributed by atoms with Crippen LogP contribution < -0.4 is 11.1 Å². The lowest BCUT2D eigenvalue weighted by molar-refractivity contribution is 0.475. The minimum absolute atomic E-state index is 0.205. The molecule has 0 bridgehead atoms. The zero-order chi connectivity index (χ0) is 12.1. The van der Waals surface area contributed by atoms with Crippen LogP contribution in [-0.2, 0) is 0 Å². The zero-order valence-corrected chi connectivity index (χ0v) is 9.30. The molecule has 1 aromatic heterocycles. The molecule has 0 saturated heterocycles. The maximum Gasteiger partial charge on any atom is 0.159 e. The van der Waals surface area contributed by atoms with E-state index in [2.05, 4.69) is 15.3 Å². The minimum Gasteiger partial charge on any atom is -0.508 e. The van der Waals surface area contributed by atoms with E-state index in [0.29, 0.717) is 18.9 Å².